The van der Waals surface area contributed by atoms with Crippen molar-refractivity contribution in [3.8, 4) is 0 Å². The van der Waals surface area contributed by atoms with E-state index >= 15 is 0 Å². The molecule has 1 fully saturated rings. The van der Waals surface area contributed by atoms with Crippen LogP contribution in [0.3, 0.4) is 0 Å². The second-order valence-corrected chi connectivity index (χ2v) is 4.75. The van der Waals surface area contributed by atoms with E-state index in [0.29, 0.717) is 19.6 Å². The fourth-order valence-electron chi connectivity index (χ4n) is 1.99. The predicted molar refractivity (Wildman–Crippen MR) is 72.7 cm³/mol. The van der Waals surface area contributed by atoms with Gasteiger partial charge in [-0.15, -0.1) is 0 Å². The summed E-state index contributed by atoms with van der Waals surface area (Å²) >= 11 is 0. The van der Waals surface area contributed by atoms with Crippen molar-refractivity contribution in [2.75, 3.05) is 26.2 Å². The molecule has 1 atom stereocenters. The quantitative estimate of drug-likeness (QED) is 0.598. The summed E-state index contributed by atoms with van der Waals surface area (Å²) in [6.07, 6.45) is 2.55. The molecule has 2 amide bonds. The molecule has 0 radical (unpaired) electrons. The van der Waals surface area contributed by atoms with E-state index in [2.05, 4.69) is 16.0 Å². The first-order valence-corrected chi connectivity index (χ1v) is 7.03. The van der Waals surface area contributed by atoms with Crippen molar-refractivity contribution in [2.45, 2.75) is 45.3 Å². The van der Waals surface area contributed by atoms with Crippen LogP contribution in [-0.4, -0.2) is 50.2 Å². The summed E-state index contributed by atoms with van der Waals surface area (Å²) in [4.78, 5) is 23.1. The van der Waals surface area contributed by atoms with Gasteiger partial charge in [-0.25, -0.2) is 0 Å². The number of piperidine rings is 1. The van der Waals surface area contributed by atoms with Crippen LogP contribution in [0.5, 0.6) is 0 Å². The molecule has 110 valence electrons. The van der Waals surface area contributed by atoms with E-state index in [1.165, 1.54) is 0 Å². The van der Waals surface area contributed by atoms with Gasteiger partial charge in [-0.2, -0.15) is 0 Å². The highest BCUT2D eigenvalue weighted by atomic mass is 16.5. The molecule has 0 aromatic carbocycles. The number of carbonyl (C=O) groups is 2. The van der Waals surface area contributed by atoms with E-state index in [0.717, 1.165) is 25.9 Å². The molecular weight excluding hydrogens is 246 g/mol. The first-order chi connectivity index (χ1) is 9.13. The molecule has 19 heavy (non-hydrogen) atoms. The molecule has 1 heterocycles. The van der Waals surface area contributed by atoms with Crippen LogP contribution in [0.25, 0.3) is 0 Å². The van der Waals surface area contributed by atoms with Gasteiger partial charge < -0.3 is 20.7 Å². The van der Waals surface area contributed by atoms with E-state index in [1.54, 1.807) is 6.92 Å². The fourth-order valence-corrected chi connectivity index (χ4v) is 1.99. The number of carbonyl (C=O) groups excluding carboxylic acids is 2. The Hall–Kier alpha value is -1.14. The van der Waals surface area contributed by atoms with Gasteiger partial charge in [0.2, 0.25) is 11.8 Å². The average molecular weight is 271 g/mol. The lowest BCUT2D eigenvalue weighted by Gasteiger charge is -2.22. The molecule has 0 aliphatic carbocycles. The third-order valence-corrected chi connectivity index (χ3v) is 3.09. The van der Waals surface area contributed by atoms with Crippen molar-refractivity contribution in [1.29, 1.82) is 0 Å². The lowest BCUT2D eigenvalue weighted by Crippen LogP contribution is -2.45. The summed E-state index contributed by atoms with van der Waals surface area (Å²) in [6, 6.07) is -0.494. The zero-order chi connectivity index (χ0) is 14.1. The highest BCUT2D eigenvalue weighted by Gasteiger charge is 2.16. The third kappa shape index (κ3) is 6.54. The summed E-state index contributed by atoms with van der Waals surface area (Å²) in [6.45, 7) is 6.46. The maximum atomic E-state index is 11.6. The van der Waals surface area contributed by atoms with Gasteiger partial charge in [-0.1, -0.05) is 0 Å². The molecule has 1 rings (SSSR count). The Morgan fingerprint density at radius 1 is 1.37 bits per heavy atom. The lowest BCUT2D eigenvalue weighted by atomic mass is 10.1. The monoisotopic (exact) mass is 271 g/mol. The van der Waals surface area contributed by atoms with Crippen LogP contribution in [-0.2, 0) is 14.3 Å². The van der Waals surface area contributed by atoms with Gasteiger partial charge in [0.15, 0.2) is 0 Å². The molecule has 6 heteroatoms. The normalized spacial score (nSPS) is 17.8. The van der Waals surface area contributed by atoms with Crippen molar-refractivity contribution in [3.63, 3.8) is 0 Å². The molecule has 0 aromatic heterocycles. The predicted octanol–water partition coefficient (Wildman–Crippen LogP) is -0.214. The topological polar surface area (TPSA) is 79.5 Å². The van der Waals surface area contributed by atoms with Crippen LogP contribution in [0.15, 0.2) is 0 Å². The Morgan fingerprint density at radius 2 is 2.05 bits per heavy atom. The van der Waals surface area contributed by atoms with E-state index < -0.39 is 6.04 Å². The maximum Gasteiger partial charge on any atom is 0.242 e. The molecule has 1 unspecified atom stereocenters. The van der Waals surface area contributed by atoms with Gasteiger partial charge >= 0.3 is 0 Å². The van der Waals surface area contributed by atoms with Crippen molar-refractivity contribution in [2.24, 2.45) is 0 Å². The minimum atomic E-state index is -0.494. The van der Waals surface area contributed by atoms with Crippen LogP contribution >= 0.6 is 0 Å². The molecule has 1 aliphatic heterocycles. The molecule has 6 nitrogen and oxygen atoms in total. The first kappa shape index (κ1) is 15.9. The molecule has 1 saturated heterocycles. The molecule has 1 aliphatic rings. The SMILES string of the molecule is CCNC(=O)C(C)NC(=O)CCOC1CCNCC1. The largest absolute Gasteiger partial charge is 0.378 e. The molecular formula is C13H25N3O3. The second kappa shape index (κ2) is 8.87. The smallest absolute Gasteiger partial charge is 0.242 e. The third-order valence-electron chi connectivity index (χ3n) is 3.09. The van der Waals surface area contributed by atoms with Gasteiger partial charge in [-0.3, -0.25) is 9.59 Å². The van der Waals surface area contributed by atoms with E-state index in [4.69, 9.17) is 4.74 Å². The van der Waals surface area contributed by atoms with Crippen LogP contribution < -0.4 is 16.0 Å². The van der Waals surface area contributed by atoms with Crippen molar-refractivity contribution >= 4 is 11.8 Å². The number of amides is 2. The van der Waals surface area contributed by atoms with Crippen LogP contribution in [0, 0.1) is 0 Å². The zero-order valence-corrected chi connectivity index (χ0v) is 11.8. The molecule has 3 N–H and O–H groups in total. The van der Waals surface area contributed by atoms with E-state index in [9.17, 15) is 9.59 Å². The second-order valence-electron chi connectivity index (χ2n) is 4.75. The summed E-state index contributed by atoms with van der Waals surface area (Å²) in [5, 5.41) is 8.59. The molecule has 0 spiro atoms. The van der Waals surface area contributed by atoms with Gasteiger partial charge in [0, 0.05) is 13.0 Å². The van der Waals surface area contributed by atoms with E-state index in [-0.39, 0.29) is 17.9 Å². The van der Waals surface area contributed by atoms with Gasteiger partial charge in [-0.05, 0) is 39.8 Å². The van der Waals surface area contributed by atoms with Crippen LogP contribution in [0.2, 0.25) is 0 Å². The van der Waals surface area contributed by atoms with Crippen LogP contribution in [0.4, 0.5) is 0 Å². The Balaban J connectivity index is 2.11. The minimum absolute atomic E-state index is 0.146. The van der Waals surface area contributed by atoms with Crippen LogP contribution in [0.1, 0.15) is 33.1 Å². The highest BCUT2D eigenvalue weighted by molar-refractivity contribution is 5.87. The number of hydrogen-bond acceptors (Lipinski definition) is 4. The number of likely N-dealkylation sites (N-methyl/N-ethyl adjacent to an activating group) is 1. The standard InChI is InChI=1S/C13H25N3O3/c1-3-15-13(18)10(2)16-12(17)6-9-19-11-4-7-14-8-5-11/h10-11,14H,3-9H2,1-2H3,(H,15,18)(H,16,17). The Kier molecular flexibility index (Phi) is 7.43. The number of hydrogen-bond donors (Lipinski definition) is 3. The average Bonchev–Trinajstić information content (AvgIpc) is 2.40. The summed E-state index contributed by atoms with van der Waals surface area (Å²) < 4.78 is 5.64. The minimum Gasteiger partial charge on any atom is -0.378 e. The number of ether oxygens (including phenoxy) is 1. The van der Waals surface area contributed by atoms with Crippen molar-refractivity contribution in [1.82, 2.24) is 16.0 Å². The Bertz CT molecular complexity index is 291. The van der Waals surface area contributed by atoms with Crippen molar-refractivity contribution in [3.05, 3.63) is 0 Å². The molecule has 0 bridgehead atoms. The Labute approximate surface area is 114 Å². The zero-order valence-electron chi connectivity index (χ0n) is 11.8. The summed E-state index contributed by atoms with van der Waals surface area (Å²) in [7, 11) is 0. The molecule has 0 aromatic rings. The van der Waals surface area contributed by atoms with Crippen molar-refractivity contribution < 1.29 is 14.3 Å². The first-order valence-electron chi connectivity index (χ1n) is 7.03. The summed E-state index contributed by atoms with van der Waals surface area (Å²) in [5.74, 6) is -0.303. The highest BCUT2D eigenvalue weighted by Crippen LogP contribution is 2.07. The maximum absolute atomic E-state index is 11.6. The van der Waals surface area contributed by atoms with Gasteiger partial charge in [0.1, 0.15) is 6.04 Å². The summed E-state index contributed by atoms with van der Waals surface area (Å²) in [5.41, 5.74) is 0. The lowest BCUT2D eigenvalue weighted by molar-refractivity contribution is -0.129. The number of rotatable bonds is 7. The number of nitrogens with one attached hydrogen (secondary N) is 3. The Morgan fingerprint density at radius 3 is 2.68 bits per heavy atom. The van der Waals surface area contributed by atoms with Gasteiger partial charge in [0.05, 0.1) is 12.7 Å². The fraction of sp³-hybridized carbons (Fsp3) is 0.846. The van der Waals surface area contributed by atoms with E-state index in [1.807, 2.05) is 6.92 Å². The van der Waals surface area contributed by atoms with Gasteiger partial charge in [0.25, 0.3) is 0 Å². The molecule has 0 saturated carbocycles.